The number of thiophene rings is 1. The van der Waals surface area contributed by atoms with Crippen LogP contribution in [0.1, 0.15) is 23.5 Å². The fourth-order valence-electron chi connectivity index (χ4n) is 2.04. The van der Waals surface area contributed by atoms with Crippen molar-refractivity contribution in [3.05, 3.63) is 29.1 Å². The molecule has 0 saturated carbocycles. The first-order valence-corrected chi connectivity index (χ1v) is 7.64. The van der Waals surface area contributed by atoms with Crippen LogP contribution in [0.2, 0.25) is 0 Å². The zero-order chi connectivity index (χ0) is 14.5. The van der Waals surface area contributed by atoms with Gasteiger partial charge in [0.15, 0.2) is 0 Å². The molecule has 0 aliphatic heterocycles. The van der Waals surface area contributed by atoms with Crippen LogP contribution in [-0.4, -0.2) is 37.1 Å². The van der Waals surface area contributed by atoms with Crippen molar-refractivity contribution >= 4 is 33.1 Å². The van der Waals surface area contributed by atoms with Gasteiger partial charge in [0.05, 0.1) is 0 Å². The average Bonchev–Trinajstić information content (AvgIpc) is 2.86. The fourth-order valence-corrected chi connectivity index (χ4v) is 2.98. The minimum absolute atomic E-state index is 0.253. The standard InChI is InChI=1S/C15H20N2O2S/c1-3-17(4-2)7-8-19-15(18)14-10-11-9-12(16)5-6-13(11)20-14/h5-6,9-10H,3-4,7-8,16H2,1-2H3. The van der Waals surface area contributed by atoms with Crippen molar-refractivity contribution in [1.82, 2.24) is 4.90 Å². The molecule has 0 fully saturated rings. The molecule has 2 aromatic rings. The van der Waals surface area contributed by atoms with E-state index in [0.29, 0.717) is 17.2 Å². The van der Waals surface area contributed by atoms with Gasteiger partial charge < -0.3 is 15.4 Å². The lowest BCUT2D eigenvalue weighted by atomic mass is 10.2. The Labute approximate surface area is 123 Å². The summed E-state index contributed by atoms with van der Waals surface area (Å²) >= 11 is 1.44. The van der Waals surface area contributed by atoms with Gasteiger partial charge in [0.1, 0.15) is 11.5 Å². The zero-order valence-corrected chi connectivity index (χ0v) is 12.7. The smallest absolute Gasteiger partial charge is 0.348 e. The van der Waals surface area contributed by atoms with Crippen LogP contribution >= 0.6 is 11.3 Å². The van der Waals surface area contributed by atoms with Crippen molar-refractivity contribution in [2.24, 2.45) is 0 Å². The van der Waals surface area contributed by atoms with Gasteiger partial charge in [-0.3, -0.25) is 0 Å². The number of ether oxygens (including phenoxy) is 1. The lowest BCUT2D eigenvalue weighted by Gasteiger charge is -2.17. The van der Waals surface area contributed by atoms with Crippen LogP contribution in [0.15, 0.2) is 24.3 Å². The summed E-state index contributed by atoms with van der Waals surface area (Å²) in [4.78, 5) is 14.8. The highest BCUT2D eigenvalue weighted by molar-refractivity contribution is 7.20. The summed E-state index contributed by atoms with van der Waals surface area (Å²) in [7, 11) is 0. The monoisotopic (exact) mass is 292 g/mol. The van der Waals surface area contributed by atoms with E-state index in [0.717, 1.165) is 29.7 Å². The number of hydrogen-bond acceptors (Lipinski definition) is 5. The maximum absolute atomic E-state index is 12.0. The van der Waals surface area contributed by atoms with Crippen molar-refractivity contribution in [1.29, 1.82) is 0 Å². The van der Waals surface area contributed by atoms with Crippen molar-refractivity contribution < 1.29 is 9.53 Å². The van der Waals surface area contributed by atoms with Gasteiger partial charge in [-0.1, -0.05) is 13.8 Å². The molecule has 1 aromatic carbocycles. The summed E-state index contributed by atoms with van der Waals surface area (Å²) in [5, 5.41) is 0.991. The van der Waals surface area contributed by atoms with E-state index in [1.807, 2.05) is 24.3 Å². The van der Waals surface area contributed by atoms with Gasteiger partial charge in [-0.2, -0.15) is 0 Å². The summed E-state index contributed by atoms with van der Waals surface area (Å²) < 4.78 is 6.37. The second-order valence-corrected chi connectivity index (χ2v) is 5.65. The van der Waals surface area contributed by atoms with Crippen LogP contribution < -0.4 is 5.73 Å². The largest absolute Gasteiger partial charge is 0.460 e. The predicted octanol–water partition coefficient (Wildman–Crippen LogP) is 2.98. The maximum Gasteiger partial charge on any atom is 0.348 e. The highest BCUT2D eigenvalue weighted by atomic mass is 32.1. The molecule has 0 aliphatic rings. The molecule has 4 nitrogen and oxygen atoms in total. The first-order chi connectivity index (χ1) is 9.63. The second kappa shape index (κ2) is 6.72. The maximum atomic E-state index is 12.0. The highest BCUT2D eigenvalue weighted by Gasteiger charge is 2.12. The second-order valence-electron chi connectivity index (χ2n) is 4.57. The fraction of sp³-hybridized carbons (Fsp3) is 0.400. The Hall–Kier alpha value is -1.59. The molecule has 1 heterocycles. The highest BCUT2D eigenvalue weighted by Crippen LogP contribution is 2.27. The van der Waals surface area contributed by atoms with Gasteiger partial charge in [0, 0.05) is 16.9 Å². The number of carbonyl (C=O) groups excluding carboxylic acids is 1. The number of anilines is 1. The molecule has 1 aromatic heterocycles. The topological polar surface area (TPSA) is 55.6 Å². The van der Waals surface area contributed by atoms with Crippen molar-refractivity contribution in [3.8, 4) is 0 Å². The summed E-state index contributed by atoms with van der Waals surface area (Å²) in [6.45, 7) is 7.34. The molecular formula is C15H20N2O2S. The molecule has 5 heteroatoms. The molecule has 20 heavy (non-hydrogen) atoms. The van der Waals surface area contributed by atoms with E-state index < -0.39 is 0 Å². The van der Waals surface area contributed by atoms with Crippen LogP contribution in [0.5, 0.6) is 0 Å². The lowest BCUT2D eigenvalue weighted by molar-refractivity contribution is 0.0472. The van der Waals surface area contributed by atoms with E-state index in [1.54, 1.807) is 0 Å². The Morgan fingerprint density at radius 2 is 2.05 bits per heavy atom. The van der Waals surface area contributed by atoms with Crippen LogP contribution in [0.3, 0.4) is 0 Å². The lowest BCUT2D eigenvalue weighted by Crippen LogP contribution is -2.27. The molecule has 0 bridgehead atoms. The van der Waals surface area contributed by atoms with Crippen LogP contribution in [0.25, 0.3) is 10.1 Å². The normalized spacial score (nSPS) is 11.2. The Morgan fingerprint density at radius 1 is 1.30 bits per heavy atom. The number of nitrogens with two attached hydrogens (primary N) is 1. The third-order valence-electron chi connectivity index (χ3n) is 3.28. The molecule has 0 saturated heterocycles. The van der Waals surface area contributed by atoms with Crippen LogP contribution in [0, 0.1) is 0 Å². The SMILES string of the molecule is CCN(CC)CCOC(=O)c1cc2cc(N)ccc2s1. The number of benzene rings is 1. The third kappa shape index (κ3) is 3.49. The molecule has 0 amide bonds. The van der Waals surface area contributed by atoms with E-state index >= 15 is 0 Å². The van der Waals surface area contributed by atoms with Crippen molar-refractivity contribution in [2.75, 3.05) is 32.0 Å². The minimum Gasteiger partial charge on any atom is -0.460 e. The minimum atomic E-state index is -0.253. The number of nitrogens with zero attached hydrogens (tertiary/aromatic N) is 1. The van der Waals surface area contributed by atoms with Crippen molar-refractivity contribution in [2.45, 2.75) is 13.8 Å². The molecule has 2 rings (SSSR count). The summed E-state index contributed by atoms with van der Waals surface area (Å²) in [5.41, 5.74) is 6.44. The molecule has 108 valence electrons. The molecular weight excluding hydrogens is 272 g/mol. The van der Waals surface area contributed by atoms with Gasteiger partial charge in [-0.25, -0.2) is 4.79 Å². The third-order valence-corrected chi connectivity index (χ3v) is 4.37. The molecule has 0 atom stereocenters. The molecule has 0 unspecified atom stereocenters. The molecule has 0 radical (unpaired) electrons. The first-order valence-electron chi connectivity index (χ1n) is 6.82. The van der Waals surface area contributed by atoms with Crippen LogP contribution in [-0.2, 0) is 4.74 Å². The van der Waals surface area contributed by atoms with E-state index in [2.05, 4.69) is 18.7 Å². The number of nitrogen functional groups attached to an aromatic ring is 1. The average molecular weight is 292 g/mol. The van der Waals surface area contributed by atoms with Crippen LogP contribution in [0.4, 0.5) is 5.69 Å². The number of esters is 1. The Balaban J connectivity index is 1.97. The zero-order valence-electron chi connectivity index (χ0n) is 11.9. The van der Waals surface area contributed by atoms with Gasteiger partial charge >= 0.3 is 5.97 Å². The Kier molecular flexibility index (Phi) is 4.98. The molecule has 2 N–H and O–H groups in total. The van der Waals surface area contributed by atoms with E-state index in [1.165, 1.54) is 11.3 Å². The number of carbonyl (C=O) groups is 1. The number of rotatable bonds is 6. The van der Waals surface area contributed by atoms with E-state index in [4.69, 9.17) is 10.5 Å². The van der Waals surface area contributed by atoms with Gasteiger partial charge in [0.25, 0.3) is 0 Å². The quantitative estimate of drug-likeness (QED) is 0.657. The summed E-state index contributed by atoms with van der Waals surface area (Å²) in [6, 6.07) is 7.49. The predicted molar refractivity (Wildman–Crippen MR) is 84.3 cm³/mol. The molecule has 0 aliphatic carbocycles. The van der Waals surface area contributed by atoms with Gasteiger partial charge in [0.2, 0.25) is 0 Å². The van der Waals surface area contributed by atoms with Gasteiger partial charge in [-0.05, 0) is 42.7 Å². The summed E-state index contributed by atoms with van der Waals surface area (Å²) in [6.07, 6.45) is 0. The Bertz CT molecular complexity index is 591. The molecule has 0 spiro atoms. The van der Waals surface area contributed by atoms with Gasteiger partial charge in [-0.15, -0.1) is 11.3 Å². The summed E-state index contributed by atoms with van der Waals surface area (Å²) in [5.74, 6) is -0.253. The van der Waals surface area contributed by atoms with E-state index in [9.17, 15) is 4.79 Å². The Morgan fingerprint density at radius 3 is 2.75 bits per heavy atom. The number of fused-ring (bicyclic) bond motifs is 1. The number of likely N-dealkylation sites (N-methyl/N-ethyl adjacent to an activating group) is 1. The van der Waals surface area contributed by atoms with E-state index in [-0.39, 0.29) is 5.97 Å². The van der Waals surface area contributed by atoms with Crippen molar-refractivity contribution in [3.63, 3.8) is 0 Å². The first kappa shape index (κ1) is 14.8. The number of hydrogen-bond donors (Lipinski definition) is 1.